The van der Waals surface area contributed by atoms with Crippen LogP contribution in [0, 0.1) is 0 Å². The highest BCUT2D eigenvalue weighted by atomic mass is 16.5. The molecule has 4 nitrogen and oxygen atoms in total. The molecule has 15 heavy (non-hydrogen) atoms. The number of hydrogen-bond donors (Lipinski definition) is 2. The van der Waals surface area contributed by atoms with Crippen molar-refractivity contribution < 1.29 is 9.47 Å². The van der Waals surface area contributed by atoms with Gasteiger partial charge in [-0.25, -0.2) is 0 Å². The summed E-state index contributed by atoms with van der Waals surface area (Å²) in [4.78, 5) is 0. The molecule has 0 aromatic carbocycles. The van der Waals surface area contributed by atoms with Gasteiger partial charge in [0.15, 0.2) is 0 Å². The third-order valence-electron chi connectivity index (χ3n) is 3.23. The zero-order valence-electron chi connectivity index (χ0n) is 9.92. The molecule has 1 saturated heterocycles. The molecule has 0 saturated carbocycles. The van der Waals surface area contributed by atoms with E-state index in [4.69, 9.17) is 15.2 Å². The number of nitrogens with two attached hydrogens (primary N) is 1. The first-order valence-corrected chi connectivity index (χ1v) is 5.78. The van der Waals surface area contributed by atoms with Gasteiger partial charge in [0, 0.05) is 39.0 Å². The van der Waals surface area contributed by atoms with Crippen molar-refractivity contribution in [1.82, 2.24) is 5.32 Å². The number of ether oxygens (including phenoxy) is 2. The molecule has 1 heterocycles. The van der Waals surface area contributed by atoms with Crippen LogP contribution < -0.4 is 11.1 Å². The Hall–Kier alpha value is -0.160. The van der Waals surface area contributed by atoms with E-state index in [1.165, 1.54) is 0 Å². The molecule has 1 aliphatic heterocycles. The Balaban J connectivity index is 2.43. The van der Waals surface area contributed by atoms with Crippen LogP contribution in [-0.2, 0) is 9.47 Å². The molecule has 1 rings (SSSR count). The van der Waals surface area contributed by atoms with Gasteiger partial charge in [-0.3, -0.25) is 0 Å². The van der Waals surface area contributed by atoms with Crippen LogP contribution in [0.25, 0.3) is 0 Å². The normalized spacial score (nSPS) is 29.8. The number of nitrogens with one attached hydrogen (secondary N) is 1. The minimum Gasteiger partial charge on any atom is -0.381 e. The molecule has 1 aliphatic rings. The molecule has 2 unspecified atom stereocenters. The molecule has 3 N–H and O–H groups in total. The van der Waals surface area contributed by atoms with Crippen molar-refractivity contribution in [2.75, 3.05) is 33.4 Å². The average Bonchev–Trinajstić information content (AvgIpc) is 2.52. The summed E-state index contributed by atoms with van der Waals surface area (Å²) in [7, 11) is 1.73. The molecule has 0 aromatic heterocycles. The van der Waals surface area contributed by atoms with Crippen molar-refractivity contribution in [3.63, 3.8) is 0 Å². The van der Waals surface area contributed by atoms with Gasteiger partial charge in [-0.1, -0.05) is 0 Å². The van der Waals surface area contributed by atoms with Gasteiger partial charge in [-0.05, 0) is 26.2 Å². The average molecular weight is 216 g/mol. The Morgan fingerprint density at radius 3 is 2.93 bits per heavy atom. The molecule has 0 spiro atoms. The summed E-state index contributed by atoms with van der Waals surface area (Å²) >= 11 is 0. The molecule has 1 fully saturated rings. The van der Waals surface area contributed by atoms with Crippen LogP contribution in [0.3, 0.4) is 0 Å². The second kappa shape index (κ2) is 6.43. The van der Waals surface area contributed by atoms with Gasteiger partial charge in [0.05, 0.1) is 6.10 Å². The lowest BCUT2D eigenvalue weighted by atomic mass is 9.90. The summed E-state index contributed by atoms with van der Waals surface area (Å²) in [5.74, 6) is 0. The van der Waals surface area contributed by atoms with Gasteiger partial charge in [0.2, 0.25) is 0 Å². The summed E-state index contributed by atoms with van der Waals surface area (Å²) in [6, 6.07) is 0. The van der Waals surface area contributed by atoms with Crippen molar-refractivity contribution in [3.05, 3.63) is 0 Å². The topological polar surface area (TPSA) is 56.5 Å². The van der Waals surface area contributed by atoms with E-state index in [0.29, 0.717) is 6.54 Å². The van der Waals surface area contributed by atoms with Crippen LogP contribution in [0.5, 0.6) is 0 Å². The first-order valence-electron chi connectivity index (χ1n) is 5.78. The van der Waals surface area contributed by atoms with E-state index in [0.717, 1.165) is 39.0 Å². The maximum atomic E-state index is 5.88. The predicted octanol–water partition coefficient (Wildman–Crippen LogP) is 0.509. The molecule has 90 valence electrons. The van der Waals surface area contributed by atoms with Gasteiger partial charge >= 0.3 is 0 Å². The van der Waals surface area contributed by atoms with Gasteiger partial charge in [0.25, 0.3) is 0 Å². The third kappa shape index (κ3) is 4.07. The highest BCUT2D eigenvalue weighted by Gasteiger charge is 2.29. The van der Waals surface area contributed by atoms with E-state index in [2.05, 4.69) is 12.2 Å². The quantitative estimate of drug-likeness (QED) is 0.703. The van der Waals surface area contributed by atoms with E-state index in [-0.39, 0.29) is 11.6 Å². The Bertz CT molecular complexity index is 168. The van der Waals surface area contributed by atoms with Crippen molar-refractivity contribution in [2.45, 2.75) is 37.8 Å². The molecule has 0 amide bonds. The second-order valence-electron chi connectivity index (χ2n) is 4.38. The summed E-state index contributed by atoms with van der Waals surface area (Å²) < 4.78 is 10.7. The maximum Gasteiger partial charge on any atom is 0.0667 e. The fraction of sp³-hybridized carbons (Fsp3) is 1.00. The molecule has 0 aromatic rings. The lowest BCUT2D eigenvalue weighted by Gasteiger charge is -2.33. The minimum atomic E-state index is 0.0588. The molecule has 0 radical (unpaired) electrons. The number of hydrogen-bond acceptors (Lipinski definition) is 4. The van der Waals surface area contributed by atoms with E-state index in [1.807, 2.05) is 0 Å². The SMILES string of the molecule is COC(C)CNC1(CN)CCCOCC1. The Kier molecular flexibility index (Phi) is 5.53. The summed E-state index contributed by atoms with van der Waals surface area (Å²) in [5, 5.41) is 3.55. The lowest BCUT2D eigenvalue weighted by molar-refractivity contribution is 0.101. The van der Waals surface area contributed by atoms with Crippen molar-refractivity contribution >= 4 is 0 Å². The van der Waals surface area contributed by atoms with Gasteiger partial charge in [0.1, 0.15) is 0 Å². The van der Waals surface area contributed by atoms with Crippen LogP contribution in [0.4, 0.5) is 0 Å². The van der Waals surface area contributed by atoms with Gasteiger partial charge < -0.3 is 20.5 Å². The van der Waals surface area contributed by atoms with Crippen LogP contribution in [0.15, 0.2) is 0 Å². The zero-order chi connectivity index (χ0) is 11.1. The zero-order valence-corrected chi connectivity index (χ0v) is 9.92. The van der Waals surface area contributed by atoms with E-state index in [9.17, 15) is 0 Å². The summed E-state index contributed by atoms with van der Waals surface area (Å²) in [5.41, 5.74) is 5.94. The van der Waals surface area contributed by atoms with Crippen LogP contribution in [-0.4, -0.2) is 45.1 Å². The highest BCUT2D eigenvalue weighted by Crippen LogP contribution is 2.20. The number of methoxy groups -OCH3 is 1. The highest BCUT2D eigenvalue weighted by molar-refractivity contribution is 4.90. The Morgan fingerprint density at radius 1 is 1.47 bits per heavy atom. The minimum absolute atomic E-state index is 0.0588. The summed E-state index contributed by atoms with van der Waals surface area (Å²) in [6.07, 6.45) is 3.42. The van der Waals surface area contributed by atoms with E-state index >= 15 is 0 Å². The van der Waals surface area contributed by atoms with Crippen LogP contribution in [0.1, 0.15) is 26.2 Å². The lowest BCUT2D eigenvalue weighted by Crippen LogP contribution is -2.53. The molecule has 0 bridgehead atoms. The van der Waals surface area contributed by atoms with Crippen molar-refractivity contribution in [1.29, 1.82) is 0 Å². The monoisotopic (exact) mass is 216 g/mol. The van der Waals surface area contributed by atoms with Crippen molar-refractivity contribution in [2.24, 2.45) is 5.73 Å². The first kappa shape index (κ1) is 12.9. The molecule has 4 heteroatoms. The molecule has 0 aliphatic carbocycles. The third-order valence-corrected chi connectivity index (χ3v) is 3.23. The fourth-order valence-electron chi connectivity index (χ4n) is 1.90. The molecular weight excluding hydrogens is 192 g/mol. The Labute approximate surface area is 92.5 Å². The smallest absolute Gasteiger partial charge is 0.0667 e. The molecule has 2 atom stereocenters. The van der Waals surface area contributed by atoms with Crippen LogP contribution in [0.2, 0.25) is 0 Å². The maximum absolute atomic E-state index is 5.88. The molecular formula is C11H24N2O2. The fourth-order valence-corrected chi connectivity index (χ4v) is 1.90. The second-order valence-corrected chi connectivity index (χ2v) is 4.38. The van der Waals surface area contributed by atoms with Crippen molar-refractivity contribution in [3.8, 4) is 0 Å². The summed E-state index contributed by atoms with van der Waals surface area (Å²) in [6.45, 7) is 5.26. The van der Waals surface area contributed by atoms with Crippen LogP contribution >= 0.6 is 0 Å². The Morgan fingerprint density at radius 2 is 2.27 bits per heavy atom. The largest absolute Gasteiger partial charge is 0.381 e. The standard InChI is InChI=1S/C11H24N2O2/c1-10(14-2)8-13-11(9-12)4-3-6-15-7-5-11/h10,13H,3-9,12H2,1-2H3. The van der Waals surface area contributed by atoms with Gasteiger partial charge in [-0.15, -0.1) is 0 Å². The predicted molar refractivity (Wildman–Crippen MR) is 60.9 cm³/mol. The van der Waals surface area contributed by atoms with Gasteiger partial charge in [-0.2, -0.15) is 0 Å². The number of rotatable bonds is 5. The van der Waals surface area contributed by atoms with E-state index < -0.39 is 0 Å². The van der Waals surface area contributed by atoms with E-state index in [1.54, 1.807) is 7.11 Å². The first-order chi connectivity index (χ1) is 7.22.